The van der Waals surface area contributed by atoms with E-state index in [2.05, 4.69) is 20.5 Å². The molecule has 1 amide bonds. The van der Waals surface area contributed by atoms with Crippen LogP contribution in [0.15, 0.2) is 24.5 Å². The average Bonchev–Trinajstić information content (AvgIpc) is 2.87. The fourth-order valence-electron chi connectivity index (χ4n) is 1.47. The van der Waals surface area contributed by atoms with Crippen molar-refractivity contribution in [3.05, 3.63) is 46.0 Å². The van der Waals surface area contributed by atoms with Crippen LogP contribution in [0.4, 0.5) is 0 Å². The molecule has 8 heteroatoms. The van der Waals surface area contributed by atoms with Crippen molar-refractivity contribution in [2.45, 2.75) is 12.6 Å². The lowest BCUT2D eigenvalue weighted by atomic mass is 10.1. The number of rotatable bonds is 4. The number of hydrogen-bond acceptors (Lipinski definition) is 4. The van der Waals surface area contributed by atoms with Crippen LogP contribution in [0, 0.1) is 0 Å². The van der Waals surface area contributed by atoms with E-state index in [1.54, 1.807) is 0 Å². The van der Waals surface area contributed by atoms with Gasteiger partial charge in [-0.25, -0.2) is 4.98 Å². The zero-order chi connectivity index (χ0) is 13.8. The van der Waals surface area contributed by atoms with E-state index in [-0.39, 0.29) is 6.54 Å². The fourth-order valence-corrected chi connectivity index (χ4v) is 2.01. The summed E-state index contributed by atoms with van der Waals surface area (Å²) in [6.07, 6.45) is -0.0200. The molecule has 0 fully saturated rings. The highest BCUT2D eigenvalue weighted by molar-refractivity contribution is 6.34. The number of aliphatic hydroxyl groups excluding tert-OH is 1. The van der Waals surface area contributed by atoms with Gasteiger partial charge in [0.15, 0.2) is 6.10 Å². The van der Waals surface area contributed by atoms with Crippen molar-refractivity contribution in [3.63, 3.8) is 0 Å². The number of H-pyrrole nitrogens is 1. The first-order valence-corrected chi connectivity index (χ1v) is 6.08. The summed E-state index contributed by atoms with van der Waals surface area (Å²) >= 11 is 11.6. The minimum Gasteiger partial charge on any atom is -0.378 e. The largest absolute Gasteiger partial charge is 0.378 e. The summed E-state index contributed by atoms with van der Waals surface area (Å²) in [7, 11) is 0. The van der Waals surface area contributed by atoms with E-state index in [9.17, 15) is 9.90 Å². The Hall–Kier alpha value is -1.63. The molecule has 3 N–H and O–H groups in total. The van der Waals surface area contributed by atoms with Crippen LogP contribution in [-0.2, 0) is 11.3 Å². The summed E-state index contributed by atoms with van der Waals surface area (Å²) in [5, 5.41) is 19.3. The van der Waals surface area contributed by atoms with Crippen LogP contribution in [0.3, 0.4) is 0 Å². The highest BCUT2D eigenvalue weighted by Gasteiger charge is 2.18. The molecule has 0 aliphatic rings. The van der Waals surface area contributed by atoms with E-state index in [0.29, 0.717) is 21.4 Å². The molecule has 6 nitrogen and oxygen atoms in total. The summed E-state index contributed by atoms with van der Waals surface area (Å²) in [5.41, 5.74) is 0.326. The van der Waals surface area contributed by atoms with Gasteiger partial charge >= 0.3 is 0 Å². The molecular weight excluding hydrogens is 291 g/mol. The van der Waals surface area contributed by atoms with E-state index in [1.165, 1.54) is 24.5 Å². The maximum Gasteiger partial charge on any atom is 0.253 e. The Morgan fingerprint density at radius 1 is 1.37 bits per heavy atom. The number of carbonyl (C=O) groups is 1. The number of carbonyl (C=O) groups excluding carboxylic acids is 1. The summed E-state index contributed by atoms with van der Waals surface area (Å²) in [6.45, 7) is 0.143. The maximum absolute atomic E-state index is 11.8. The average molecular weight is 301 g/mol. The van der Waals surface area contributed by atoms with Crippen LogP contribution in [0.25, 0.3) is 0 Å². The van der Waals surface area contributed by atoms with Crippen LogP contribution < -0.4 is 5.32 Å². The first kappa shape index (κ1) is 13.8. The predicted molar refractivity (Wildman–Crippen MR) is 69.7 cm³/mol. The standard InChI is InChI=1S/C11H10Cl2N4O2/c12-7-1-6(2-8(13)3-7)10(18)11(19)14-4-9-15-5-16-17-9/h1-3,5,10,18H,4H2,(H,14,19)(H,15,16,17). The number of aromatic amines is 1. The lowest BCUT2D eigenvalue weighted by Gasteiger charge is -2.11. The van der Waals surface area contributed by atoms with Gasteiger partial charge in [-0.05, 0) is 23.8 Å². The Labute approximate surface area is 118 Å². The Bertz CT molecular complexity index is 554. The quantitative estimate of drug-likeness (QED) is 0.797. The minimum absolute atomic E-state index is 0.143. The van der Waals surface area contributed by atoms with Gasteiger partial charge in [0.1, 0.15) is 12.2 Å². The van der Waals surface area contributed by atoms with Gasteiger partial charge in [0.2, 0.25) is 0 Å². The number of halogens is 2. The lowest BCUT2D eigenvalue weighted by molar-refractivity contribution is -0.129. The molecule has 0 aliphatic heterocycles. The van der Waals surface area contributed by atoms with E-state index >= 15 is 0 Å². The van der Waals surface area contributed by atoms with Crippen molar-refractivity contribution in [2.24, 2.45) is 0 Å². The lowest BCUT2D eigenvalue weighted by Crippen LogP contribution is -2.29. The number of nitrogens with zero attached hydrogens (tertiary/aromatic N) is 2. The van der Waals surface area contributed by atoms with Gasteiger partial charge in [-0.1, -0.05) is 23.2 Å². The van der Waals surface area contributed by atoms with E-state index < -0.39 is 12.0 Å². The van der Waals surface area contributed by atoms with Gasteiger partial charge in [-0.3, -0.25) is 9.89 Å². The summed E-state index contributed by atoms with van der Waals surface area (Å²) in [6, 6.07) is 4.48. The summed E-state index contributed by atoms with van der Waals surface area (Å²) in [5.74, 6) is -0.0839. The van der Waals surface area contributed by atoms with Gasteiger partial charge in [-0.15, -0.1) is 0 Å². The smallest absolute Gasteiger partial charge is 0.253 e. The Morgan fingerprint density at radius 3 is 2.63 bits per heavy atom. The second-order valence-corrected chi connectivity index (χ2v) is 4.63. The molecule has 2 rings (SSSR count). The molecule has 2 aromatic rings. The highest BCUT2D eigenvalue weighted by Crippen LogP contribution is 2.23. The topological polar surface area (TPSA) is 90.9 Å². The van der Waals surface area contributed by atoms with Crippen LogP contribution in [-0.4, -0.2) is 26.2 Å². The molecule has 0 aliphatic carbocycles. The zero-order valence-corrected chi connectivity index (χ0v) is 11.1. The molecule has 0 saturated heterocycles. The van der Waals surface area contributed by atoms with Gasteiger partial charge in [0.05, 0.1) is 6.54 Å². The van der Waals surface area contributed by atoms with Crippen molar-refractivity contribution in [1.82, 2.24) is 20.5 Å². The number of aromatic nitrogens is 3. The van der Waals surface area contributed by atoms with Gasteiger partial charge in [0.25, 0.3) is 5.91 Å². The first-order chi connectivity index (χ1) is 9.06. The molecule has 0 radical (unpaired) electrons. The fraction of sp³-hybridized carbons (Fsp3) is 0.182. The molecule has 19 heavy (non-hydrogen) atoms. The molecule has 1 aromatic carbocycles. The van der Waals surface area contributed by atoms with Crippen LogP contribution in [0.1, 0.15) is 17.5 Å². The van der Waals surface area contributed by atoms with Crippen LogP contribution in [0.2, 0.25) is 10.0 Å². The van der Waals surface area contributed by atoms with Crippen molar-refractivity contribution >= 4 is 29.1 Å². The predicted octanol–water partition coefficient (Wildman–Crippen LogP) is 1.46. The van der Waals surface area contributed by atoms with Crippen molar-refractivity contribution in [1.29, 1.82) is 0 Å². The monoisotopic (exact) mass is 300 g/mol. The first-order valence-electron chi connectivity index (χ1n) is 5.32. The second-order valence-electron chi connectivity index (χ2n) is 3.76. The maximum atomic E-state index is 11.8. The molecule has 1 atom stereocenters. The third-order valence-electron chi connectivity index (χ3n) is 2.34. The molecule has 1 aromatic heterocycles. The van der Waals surface area contributed by atoms with Gasteiger partial charge in [-0.2, -0.15) is 5.10 Å². The van der Waals surface area contributed by atoms with Crippen molar-refractivity contribution in [2.75, 3.05) is 0 Å². The number of nitrogens with one attached hydrogen (secondary N) is 2. The zero-order valence-electron chi connectivity index (χ0n) is 9.60. The number of amides is 1. The van der Waals surface area contributed by atoms with Gasteiger partial charge in [0, 0.05) is 10.0 Å². The van der Waals surface area contributed by atoms with E-state index in [1.807, 2.05) is 0 Å². The molecule has 0 bridgehead atoms. The number of hydrogen-bond donors (Lipinski definition) is 3. The normalized spacial score (nSPS) is 12.2. The van der Waals surface area contributed by atoms with Crippen molar-refractivity contribution < 1.29 is 9.90 Å². The summed E-state index contributed by atoms with van der Waals surface area (Å²) < 4.78 is 0. The number of aliphatic hydroxyl groups is 1. The van der Waals surface area contributed by atoms with Gasteiger partial charge < -0.3 is 10.4 Å². The summed E-state index contributed by atoms with van der Waals surface area (Å²) in [4.78, 5) is 15.6. The molecule has 0 spiro atoms. The SMILES string of the molecule is O=C(NCc1ncn[nH]1)C(O)c1cc(Cl)cc(Cl)c1. The Morgan fingerprint density at radius 2 is 2.05 bits per heavy atom. The number of benzene rings is 1. The Kier molecular flexibility index (Phi) is 4.36. The molecule has 1 heterocycles. The molecule has 1 unspecified atom stereocenters. The van der Waals surface area contributed by atoms with Crippen molar-refractivity contribution in [3.8, 4) is 0 Å². The van der Waals surface area contributed by atoms with E-state index in [4.69, 9.17) is 23.2 Å². The third kappa shape index (κ3) is 3.66. The van der Waals surface area contributed by atoms with Crippen LogP contribution >= 0.6 is 23.2 Å². The second kappa shape index (κ2) is 6.01. The minimum atomic E-state index is -1.35. The van der Waals surface area contributed by atoms with Crippen LogP contribution in [0.5, 0.6) is 0 Å². The molecule has 0 saturated carbocycles. The third-order valence-corrected chi connectivity index (χ3v) is 2.78. The highest BCUT2D eigenvalue weighted by atomic mass is 35.5. The molecule has 100 valence electrons. The molecular formula is C11H10Cl2N4O2. The Balaban J connectivity index is 2.02. The van der Waals surface area contributed by atoms with E-state index in [0.717, 1.165) is 0 Å².